The maximum atomic E-state index is 15.3. The van der Waals surface area contributed by atoms with Gasteiger partial charge in [-0.3, -0.25) is 14.0 Å². The smallest absolute Gasteiger partial charge is 0.258 e. The molecule has 4 aromatic rings. The number of ether oxygens (including phenoxy) is 1. The van der Waals surface area contributed by atoms with Gasteiger partial charge < -0.3 is 20.3 Å². The zero-order valence-electron chi connectivity index (χ0n) is 18.2. The molecule has 1 amide bonds. The quantitative estimate of drug-likeness (QED) is 0.437. The van der Waals surface area contributed by atoms with Crippen molar-refractivity contribution in [3.05, 3.63) is 51.9 Å². The summed E-state index contributed by atoms with van der Waals surface area (Å²) in [5.74, 6) is -0.843. The second-order valence-electron chi connectivity index (χ2n) is 7.92. The number of amides is 1. The number of carbonyl (C=O) groups excluding carboxylic acids is 1. The molecule has 1 aromatic carbocycles. The summed E-state index contributed by atoms with van der Waals surface area (Å²) < 4.78 is 23.0. The number of pyridine rings is 2. The fourth-order valence-corrected chi connectivity index (χ4v) is 5.42. The van der Waals surface area contributed by atoms with Crippen LogP contribution in [-0.4, -0.2) is 61.7 Å². The Morgan fingerprint density at radius 1 is 1.30 bits per heavy atom. The number of aromatic nitrogens is 2. The molecule has 8 nitrogen and oxygen atoms in total. The number of hydrogen-bond donors (Lipinski definition) is 2. The molecule has 5 rings (SSSR count). The van der Waals surface area contributed by atoms with E-state index >= 15 is 4.39 Å². The third-order valence-corrected chi connectivity index (χ3v) is 6.95. The molecule has 0 unspecified atom stereocenters. The van der Waals surface area contributed by atoms with E-state index in [0.29, 0.717) is 30.2 Å². The highest BCUT2D eigenvalue weighted by molar-refractivity contribution is 7.24. The molecule has 10 heteroatoms. The van der Waals surface area contributed by atoms with Gasteiger partial charge in [0, 0.05) is 33.3 Å². The lowest BCUT2D eigenvalue weighted by Crippen LogP contribution is -2.32. The molecular formula is C23H24FN5O3S. The van der Waals surface area contributed by atoms with Gasteiger partial charge in [0.05, 0.1) is 22.2 Å². The summed E-state index contributed by atoms with van der Waals surface area (Å²) in [7, 11) is 1.54. The number of para-hydroxylation sites is 1. The number of nitrogens with zero attached hydrogens (tertiary/aromatic N) is 3. The number of rotatable bonds is 5. The van der Waals surface area contributed by atoms with Gasteiger partial charge >= 0.3 is 0 Å². The maximum absolute atomic E-state index is 15.3. The van der Waals surface area contributed by atoms with Crippen LogP contribution >= 0.6 is 11.3 Å². The Kier molecular flexibility index (Phi) is 5.96. The molecule has 4 heterocycles. The minimum atomic E-state index is -0.563. The first-order chi connectivity index (χ1) is 16.1. The molecular weight excluding hydrogens is 445 g/mol. The number of halogens is 1. The first-order valence-electron chi connectivity index (χ1n) is 10.9. The van der Waals surface area contributed by atoms with Crippen LogP contribution in [0, 0.1) is 5.82 Å². The lowest BCUT2D eigenvalue weighted by atomic mass is 10.1. The standard InChI is InChI=1S/C23H24FN5O3S/c1-32-12-9-26-22(31)18-19(30)14-13-15(24)21(28-10-4-7-25-8-11-28)27-20(14)29-16-5-2-3-6-17(16)33-23(18)29/h2-3,5-6,13,25H,4,7-12H2,1H3,(H,26,31). The van der Waals surface area contributed by atoms with E-state index in [0.717, 1.165) is 29.7 Å². The van der Waals surface area contributed by atoms with Crippen molar-refractivity contribution in [1.29, 1.82) is 0 Å². The molecule has 1 aliphatic heterocycles. The first kappa shape index (κ1) is 21.7. The summed E-state index contributed by atoms with van der Waals surface area (Å²) in [5.41, 5.74) is 0.639. The predicted molar refractivity (Wildman–Crippen MR) is 128 cm³/mol. The Hall–Kier alpha value is -3.08. The lowest BCUT2D eigenvalue weighted by molar-refractivity contribution is 0.0937. The Bertz CT molecular complexity index is 1410. The minimum absolute atomic E-state index is 0.00674. The van der Waals surface area contributed by atoms with Crippen LogP contribution < -0.4 is 21.0 Å². The van der Waals surface area contributed by atoms with Gasteiger partial charge in [0.2, 0.25) is 5.43 Å². The summed E-state index contributed by atoms with van der Waals surface area (Å²) in [5, 5.41) is 6.12. The van der Waals surface area contributed by atoms with E-state index in [1.54, 1.807) is 4.40 Å². The van der Waals surface area contributed by atoms with Crippen molar-refractivity contribution in [2.75, 3.05) is 51.3 Å². The van der Waals surface area contributed by atoms with Crippen LogP contribution in [0.3, 0.4) is 0 Å². The van der Waals surface area contributed by atoms with Crippen LogP contribution in [0.1, 0.15) is 16.8 Å². The Balaban J connectivity index is 1.79. The number of anilines is 1. The van der Waals surface area contributed by atoms with E-state index in [2.05, 4.69) is 15.6 Å². The molecule has 1 fully saturated rings. The predicted octanol–water partition coefficient (Wildman–Crippen LogP) is 2.38. The van der Waals surface area contributed by atoms with Gasteiger partial charge in [-0.15, -0.1) is 11.3 Å². The highest BCUT2D eigenvalue weighted by Crippen LogP contribution is 2.32. The highest BCUT2D eigenvalue weighted by Gasteiger charge is 2.25. The molecule has 3 aromatic heterocycles. The number of fused-ring (bicyclic) bond motifs is 5. The van der Waals surface area contributed by atoms with E-state index in [1.165, 1.54) is 24.5 Å². The third-order valence-electron chi connectivity index (χ3n) is 5.81. The van der Waals surface area contributed by atoms with Crippen molar-refractivity contribution < 1.29 is 13.9 Å². The highest BCUT2D eigenvalue weighted by atomic mass is 32.1. The number of methoxy groups -OCH3 is 1. The van der Waals surface area contributed by atoms with Gasteiger partial charge in [-0.1, -0.05) is 12.1 Å². The topological polar surface area (TPSA) is 88.0 Å². The van der Waals surface area contributed by atoms with Crippen LogP contribution in [0.25, 0.3) is 26.1 Å². The molecule has 0 saturated carbocycles. The number of carbonyl (C=O) groups is 1. The summed E-state index contributed by atoms with van der Waals surface area (Å²) in [4.78, 5) is 33.5. The van der Waals surface area contributed by atoms with E-state index < -0.39 is 17.2 Å². The van der Waals surface area contributed by atoms with Crippen molar-refractivity contribution in [3.8, 4) is 0 Å². The van der Waals surface area contributed by atoms with Gasteiger partial charge in [0.15, 0.2) is 17.3 Å². The first-order valence-corrected chi connectivity index (χ1v) is 11.7. The van der Waals surface area contributed by atoms with Crippen LogP contribution in [-0.2, 0) is 4.74 Å². The van der Waals surface area contributed by atoms with Gasteiger partial charge in [-0.05, 0) is 31.2 Å². The van der Waals surface area contributed by atoms with Gasteiger partial charge in [0.25, 0.3) is 5.91 Å². The van der Waals surface area contributed by atoms with Crippen LogP contribution in [0.15, 0.2) is 35.1 Å². The molecule has 2 N–H and O–H groups in total. The Labute approximate surface area is 193 Å². The van der Waals surface area contributed by atoms with E-state index in [1.807, 2.05) is 29.2 Å². The molecule has 0 bridgehead atoms. The molecule has 172 valence electrons. The van der Waals surface area contributed by atoms with Crippen LogP contribution in [0.2, 0.25) is 0 Å². The van der Waals surface area contributed by atoms with Crippen LogP contribution in [0.4, 0.5) is 10.2 Å². The molecule has 33 heavy (non-hydrogen) atoms. The molecule has 0 radical (unpaired) electrons. The largest absolute Gasteiger partial charge is 0.383 e. The van der Waals surface area contributed by atoms with Gasteiger partial charge in [-0.2, -0.15) is 0 Å². The summed E-state index contributed by atoms with van der Waals surface area (Å²) in [6, 6.07) is 8.86. The average Bonchev–Trinajstić information content (AvgIpc) is 2.99. The second-order valence-corrected chi connectivity index (χ2v) is 8.95. The molecule has 1 aliphatic rings. The third kappa shape index (κ3) is 3.84. The number of nitrogens with one attached hydrogen (secondary N) is 2. The van der Waals surface area contributed by atoms with E-state index in [4.69, 9.17) is 4.74 Å². The van der Waals surface area contributed by atoms with Gasteiger partial charge in [-0.25, -0.2) is 9.37 Å². The normalized spacial score (nSPS) is 14.8. The fraction of sp³-hybridized carbons (Fsp3) is 0.348. The van der Waals surface area contributed by atoms with Crippen molar-refractivity contribution in [1.82, 2.24) is 20.0 Å². The summed E-state index contributed by atoms with van der Waals surface area (Å²) >= 11 is 1.35. The molecule has 0 aliphatic carbocycles. The van der Waals surface area contributed by atoms with Crippen molar-refractivity contribution in [2.45, 2.75) is 6.42 Å². The Morgan fingerprint density at radius 3 is 3.00 bits per heavy atom. The average molecular weight is 470 g/mol. The van der Waals surface area contributed by atoms with Crippen molar-refractivity contribution in [3.63, 3.8) is 0 Å². The minimum Gasteiger partial charge on any atom is -0.383 e. The number of hydrogen-bond acceptors (Lipinski definition) is 7. The maximum Gasteiger partial charge on any atom is 0.258 e. The fourth-order valence-electron chi connectivity index (χ4n) is 4.23. The van der Waals surface area contributed by atoms with Crippen LogP contribution in [0.5, 0.6) is 0 Å². The monoisotopic (exact) mass is 469 g/mol. The lowest BCUT2D eigenvalue weighted by Gasteiger charge is -2.22. The molecule has 0 spiro atoms. The van der Waals surface area contributed by atoms with Crippen molar-refractivity contribution >= 4 is 49.1 Å². The van der Waals surface area contributed by atoms with E-state index in [9.17, 15) is 9.59 Å². The summed E-state index contributed by atoms with van der Waals surface area (Å²) in [6.07, 6.45) is 0.872. The summed E-state index contributed by atoms with van der Waals surface area (Å²) in [6.45, 7) is 3.48. The molecule has 0 atom stereocenters. The molecule has 1 saturated heterocycles. The zero-order valence-corrected chi connectivity index (χ0v) is 19.0. The number of thiazole rings is 1. The van der Waals surface area contributed by atoms with E-state index in [-0.39, 0.29) is 23.3 Å². The zero-order chi connectivity index (χ0) is 22.9. The number of benzene rings is 1. The van der Waals surface area contributed by atoms with Crippen molar-refractivity contribution in [2.24, 2.45) is 0 Å². The SMILES string of the molecule is COCCNC(=O)c1c(=O)c2cc(F)c(N3CCCNCC3)nc2n2c1sc1ccccc12. The Morgan fingerprint density at radius 2 is 2.15 bits per heavy atom. The van der Waals surface area contributed by atoms with Gasteiger partial charge in [0.1, 0.15) is 10.4 Å². The second kappa shape index (κ2) is 9.05.